The SMILES string of the molecule is CC[C@@H]1CN(c2cnn(O)c2)[C@@H](C)CN1C(=O)OC(C)(C)C. The molecule has 124 valence electrons. The first-order valence-corrected chi connectivity index (χ1v) is 7.71. The van der Waals surface area contributed by atoms with Crippen molar-refractivity contribution in [3.63, 3.8) is 0 Å². The van der Waals surface area contributed by atoms with Crippen LogP contribution < -0.4 is 4.90 Å². The average Bonchev–Trinajstić information content (AvgIpc) is 2.83. The number of aromatic nitrogens is 2. The van der Waals surface area contributed by atoms with E-state index in [0.29, 0.717) is 13.1 Å². The van der Waals surface area contributed by atoms with Gasteiger partial charge in [0.1, 0.15) is 5.60 Å². The number of rotatable bonds is 2. The first-order valence-electron chi connectivity index (χ1n) is 7.71. The zero-order valence-corrected chi connectivity index (χ0v) is 14.0. The summed E-state index contributed by atoms with van der Waals surface area (Å²) in [6.07, 6.45) is 3.79. The van der Waals surface area contributed by atoms with Crippen molar-refractivity contribution in [3.8, 4) is 0 Å². The molecule has 0 bridgehead atoms. The lowest BCUT2D eigenvalue weighted by atomic mass is 10.1. The van der Waals surface area contributed by atoms with Crippen LogP contribution in [0.5, 0.6) is 0 Å². The fourth-order valence-electron chi connectivity index (χ4n) is 2.74. The molecule has 1 aliphatic heterocycles. The lowest BCUT2D eigenvalue weighted by Gasteiger charge is -2.45. The summed E-state index contributed by atoms with van der Waals surface area (Å²) in [5, 5.41) is 13.2. The molecule has 0 aromatic carbocycles. The van der Waals surface area contributed by atoms with Gasteiger partial charge in [0.05, 0.1) is 24.1 Å². The molecule has 2 rings (SSSR count). The van der Waals surface area contributed by atoms with Gasteiger partial charge in [0.15, 0.2) is 0 Å². The molecule has 7 heteroatoms. The third-order valence-corrected chi connectivity index (χ3v) is 3.83. The number of anilines is 1. The molecule has 1 fully saturated rings. The van der Waals surface area contributed by atoms with Crippen molar-refractivity contribution < 1.29 is 14.7 Å². The van der Waals surface area contributed by atoms with Crippen molar-refractivity contribution in [3.05, 3.63) is 12.4 Å². The number of nitrogens with zero attached hydrogens (tertiary/aromatic N) is 4. The van der Waals surface area contributed by atoms with Crippen LogP contribution in [0.15, 0.2) is 12.4 Å². The lowest BCUT2D eigenvalue weighted by molar-refractivity contribution is 0.0106. The number of ether oxygens (including phenoxy) is 1. The van der Waals surface area contributed by atoms with Gasteiger partial charge in [-0.05, 0) is 34.1 Å². The van der Waals surface area contributed by atoms with Crippen molar-refractivity contribution in [2.24, 2.45) is 0 Å². The summed E-state index contributed by atoms with van der Waals surface area (Å²) < 4.78 is 5.51. The molecule has 2 atom stereocenters. The molecule has 22 heavy (non-hydrogen) atoms. The van der Waals surface area contributed by atoms with Gasteiger partial charge in [-0.3, -0.25) is 0 Å². The Hall–Kier alpha value is -1.92. The van der Waals surface area contributed by atoms with Gasteiger partial charge in [0, 0.05) is 19.1 Å². The topological polar surface area (TPSA) is 70.8 Å². The molecule has 2 heterocycles. The molecular weight excluding hydrogens is 284 g/mol. The third kappa shape index (κ3) is 3.64. The van der Waals surface area contributed by atoms with E-state index in [0.717, 1.165) is 17.0 Å². The van der Waals surface area contributed by atoms with Gasteiger partial charge >= 0.3 is 6.09 Å². The van der Waals surface area contributed by atoms with E-state index < -0.39 is 5.60 Å². The van der Waals surface area contributed by atoms with Crippen LogP contribution in [0.1, 0.15) is 41.0 Å². The highest BCUT2D eigenvalue weighted by atomic mass is 16.6. The Morgan fingerprint density at radius 2 is 2.14 bits per heavy atom. The van der Waals surface area contributed by atoms with E-state index in [4.69, 9.17) is 4.74 Å². The molecular formula is C15H26N4O3. The quantitative estimate of drug-likeness (QED) is 0.849. The molecule has 1 amide bonds. The van der Waals surface area contributed by atoms with Crippen LogP contribution in [0.3, 0.4) is 0 Å². The second-order valence-electron chi connectivity index (χ2n) is 6.82. The minimum atomic E-state index is -0.492. The second kappa shape index (κ2) is 6.06. The highest BCUT2D eigenvalue weighted by molar-refractivity contribution is 5.69. The Kier molecular flexibility index (Phi) is 4.53. The molecule has 0 saturated carbocycles. The smallest absolute Gasteiger partial charge is 0.410 e. The number of carbonyl (C=O) groups is 1. The minimum Gasteiger partial charge on any atom is -0.444 e. The van der Waals surface area contributed by atoms with Crippen LogP contribution in [0.25, 0.3) is 0 Å². The number of amides is 1. The van der Waals surface area contributed by atoms with Crippen molar-refractivity contribution in [1.29, 1.82) is 0 Å². The monoisotopic (exact) mass is 310 g/mol. The molecule has 1 saturated heterocycles. The Morgan fingerprint density at radius 1 is 1.45 bits per heavy atom. The predicted octanol–water partition coefficient (Wildman–Crippen LogP) is 2.34. The normalized spacial score (nSPS) is 22.8. The van der Waals surface area contributed by atoms with Crippen LogP contribution in [0, 0.1) is 0 Å². The van der Waals surface area contributed by atoms with E-state index in [1.807, 2.05) is 25.7 Å². The third-order valence-electron chi connectivity index (χ3n) is 3.83. The summed E-state index contributed by atoms with van der Waals surface area (Å²) in [6.45, 7) is 11.0. The highest BCUT2D eigenvalue weighted by Gasteiger charge is 2.36. The summed E-state index contributed by atoms with van der Waals surface area (Å²) >= 11 is 0. The Bertz CT molecular complexity index is 523. The average molecular weight is 310 g/mol. The molecule has 0 unspecified atom stereocenters. The van der Waals surface area contributed by atoms with Gasteiger partial charge < -0.3 is 19.7 Å². The molecule has 1 N–H and O–H groups in total. The van der Waals surface area contributed by atoms with E-state index in [9.17, 15) is 10.0 Å². The zero-order chi connectivity index (χ0) is 16.5. The largest absolute Gasteiger partial charge is 0.444 e. The predicted molar refractivity (Wildman–Crippen MR) is 83.2 cm³/mol. The Morgan fingerprint density at radius 3 is 2.64 bits per heavy atom. The Labute approximate surface area is 131 Å². The minimum absolute atomic E-state index is 0.0769. The first-order chi connectivity index (χ1) is 10.2. The van der Waals surface area contributed by atoms with Gasteiger partial charge in [-0.15, -0.1) is 9.94 Å². The summed E-state index contributed by atoms with van der Waals surface area (Å²) in [7, 11) is 0. The fourth-order valence-corrected chi connectivity index (χ4v) is 2.74. The number of hydrogen-bond donors (Lipinski definition) is 1. The molecule has 1 aliphatic rings. The Balaban J connectivity index is 2.12. The molecule has 0 spiro atoms. The van der Waals surface area contributed by atoms with Crippen molar-refractivity contribution in [2.45, 2.75) is 58.7 Å². The van der Waals surface area contributed by atoms with E-state index in [1.54, 1.807) is 12.4 Å². The van der Waals surface area contributed by atoms with Crippen molar-refractivity contribution >= 4 is 11.8 Å². The van der Waals surface area contributed by atoms with E-state index in [-0.39, 0.29) is 18.2 Å². The van der Waals surface area contributed by atoms with Crippen LogP contribution in [-0.4, -0.2) is 56.9 Å². The van der Waals surface area contributed by atoms with Gasteiger partial charge in [-0.25, -0.2) is 4.79 Å². The maximum Gasteiger partial charge on any atom is 0.410 e. The first kappa shape index (κ1) is 16.5. The lowest BCUT2D eigenvalue weighted by Crippen LogP contribution is -2.59. The van der Waals surface area contributed by atoms with E-state index in [2.05, 4.69) is 23.8 Å². The molecule has 0 radical (unpaired) electrons. The fraction of sp³-hybridized carbons (Fsp3) is 0.733. The maximum atomic E-state index is 12.4. The summed E-state index contributed by atoms with van der Waals surface area (Å²) in [5.74, 6) is 0. The van der Waals surface area contributed by atoms with Crippen molar-refractivity contribution in [1.82, 2.24) is 14.8 Å². The van der Waals surface area contributed by atoms with Gasteiger partial charge in [-0.1, -0.05) is 6.92 Å². The molecule has 1 aromatic heterocycles. The van der Waals surface area contributed by atoms with Crippen LogP contribution in [0.2, 0.25) is 0 Å². The van der Waals surface area contributed by atoms with Gasteiger partial charge in [-0.2, -0.15) is 0 Å². The van der Waals surface area contributed by atoms with E-state index >= 15 is 0 Å². The standard InChI is InChI=1S/C15H26N4O3/c1-6-12-9-17(13-7-16-19(21)10-13)11(2)8-18(12)14(20)22-15(3,4)5/h7,10-12,21H,6,8-9H2,1-5H3/t11-,12+/m0/s1. The highest BCUT2D eigenvalue weighted by Crippen LogP contribution is 2.25. The van der Waals surface area contributed by atoms with Crippen LogP contribution in [-0.2, 0) is 4.74 Å². The second-order valence-corrected chi connectivity index (χ2v) is 6.82. The van der Waals surface area contributed by atoms with Crippen molar-refractivity contribution in [2.75, 3.05) is 18.0 Å². The molecule has 7 nitrogen and oxygen atoms in total. The molecule has 1 aromatic rings. The zero-order valence-electron chi connectivity index (χ0n) is 14.0. The summed E-state index contributed by atoms with van der Waals surface area (Å²) in [4.78, 5) is 17.2. The maximum absolute atomic E-state index is 12.4. The van der Waals surface area contributed by atoms with Crippen LogP contribution >= 0.6 is 0 Å². The molecule has 0 aliphatic carbocycles. The summed E-state index contributed by atoms with van der Waals surface area (Å²) in [6, 6.07) is 0.201. The van der Waals surface area contributed by atoms with Gasteiger partial charge in [0.2, 0.25) is 0 Å². The summed E-state index contributed by atoms with van der Waals surface area (Å²) in [5.41, 5.74) is 0.366. The van der Waals surface area contributed by atoms with Gasteiger partial charge in [0.25, 0.3) is 0 Å². The van der Waals surface area contributed by atoms with Crippen LogP contribution in [0.4, 0.5) is 10.5 Å². The number of carbonyl (C=O) groups excluding carboxylic acids is 1. The number of piperazine rings is 1. The van der Waals surface area contributed by atoms with E-state index in [1.165, 1.54) is 0 Å². The number of hydrogen-bond acceptors (Lipinski definition) is 5.